The van der Waals surface area contributed by atoms with Crippen LogP contribution >= 0.6 is 0 Å². The van der Waals surface area contributed by atoms with Crippen molar-refractivity contribution in [2.75, 3.05) is 26.1 Å². The maximum Gasteiger partial charge on any atom is 0.244 e. The van der Waals surface area contributed by atoms with Crippen LogP contribution in [0.15, 0.2) is 30.4 Å². The molecule has 2 saturated carbocycles. The molecular weight excluding hydrogens is 360 g/mol. The number of nitrogens with one attached hydrogen (secondary N) is 1. The van der Waals surface area contributed by atoms with E-state index in [1.165, 1.54) is 14.2 Å². The second kappa shape index (κ2) is 6.09. The van der Waals surface area contributed by atoms with E-state index in [-0.39, 0.29) is 42.0 Å². The summed E-state index contributed by atoms with van der Waals surface area (Å²) in [6, 6.07) is 5.05. The number of anilines is 1. The van der Waals surface area contributed by atoms with Crippen LogP contribution in [0.1, 0.15) is 6.42 Å². The molecule has 7 heteroatoms. The molecule has 6 atom stereocenters. The molecule has 146 valence electrons. The van der Waals surface area contributed by atoms with Gasteiger partial charge in [-0.3, -0.25) is 19.3 Å². The van der Waals surface area contributed by atoms with Gasteiger partial charge in [-0.1, -0.05) is 12.2 Å². The Morgan fingerprint density at radius 1 is 1.07 bits per heavy atom. The quantitative estimate of drug-likeness (QED) is 0.619. The number of ether oxygens (including phenoxy) is 2. The molecule has 6 rings (SSSR count). The number of methoxy groups -OCH3 is 2. The summed E-state index contributed by atoms with van der Waals surface area (Å²) in [4.78, 5) is 39.7. The molecule has 7 nitrogen and oxygen atoms in total. The molecule has 5 aliphatic rings. The summed E-state index contributed by atoms with van der Waals surface area (Å²) >= 11 is 0. The van der Waals surface area contributed by atoms with Gasteiger partial charge in [0.05, 0.1) is 31.7 Å². The maximum absolute atomic E-state index is 13.0. The first-order valence-corrected chi connectivity index (χ1v) is 9.59. The van der Waals surface area contributed by atoms with Gasteiger partial charge in [0.15, 0.2) is 0 Å². The van der Waals surface area contributed by atoms with Crippen molar-refractivity contribution < 1.29 is 23.9 Å². The van der Waals surface area contributed by atoms with Crippen molar-refractivity contribution in [3.8, 4) is 11.5 Å². The van der Waals surface area contributed by atoms with E-state index < -0.39 is 5.91 Å². The third-order valence-electron chi connectivity index (χ3n) is 6.74. The standard InChI is InChI=1S/C21H22N2O5/c1-27-10-3-6-16(28-2)15(7-10)22-17(24)9-23-20(25)18-11-4-5-12(14-8-13(11)14)19(18)21(23)26/h3-7,11-14,18-19H,8-9H2,1-2H3,(H,22,24)/t11-,12-,13-,14-,18-,19+/m0/s1. The molecule has 3 amide bonds. The molecule has 2 bridgehead atoms. The van der Waals surface area contributed by atoms with E-state index >= 15 is 0 Å². The molecule has 0 aromatic heterocycles. The molecule has 28 heavy (non-hydrogen) atoms. The number of benzene rings is 1. The van der Waals surface area contributed by atoms with Crippen molar-refractivity contribution in [2.45, 2.75) is 6.42 Å². The van der Waals surface area contributed by atoms with Crippen molar-refractivity contribution in [3.63, 3.8) is 0 Å². The lowest BCUT2D eigenvalue weighted by Crippen LogP contribution is -2.40. The van der Waals surface area contributed by atoms with E-state index in [1.54, 1.807) is 18.2 Å². The number of amides is 3. The zero-order chi connectivity index (χ0) is 19.6. The van der Waals surface area contributed by atoms with Crippen molar-refractivity contribution in [1.82, 2.24) is 4.90 Å². The number of hydrogen-bond donors (Lipinski definition) is 1. The molecule has 1 saturated heterocycles. The molecule has 1 aliphatic heterocycles. The number of carbonyl (C=O) groups is 3. The molecule has 1 aromatic carbocycles. The van der Waals surface area contributed by atoms with E-state index in [4.69, 9.17) is 9.47 Å². The summed E-state index contributed by atoms with van der Waals surface area (Å²) in [5.74, 6) is 1.03. The lowest BCUT2D eigenvalue weighted by atomic mass is 9.63. The summed E-state index contributed by atoms with van der Waals surface area (Å²) in [5.41, 5.74) is 0.436. The van der Waals surface area contributed by atoms with Crippen molar-refractivity contribution in [3.05, 3.63) is 30.4 Å². The maximum atomic E-state index is 13.0. The highest BCUT2D eigenvalue weighted by molar-refractivity contribution is 6.09. The predicted molar refractivity (Wildman–Crippen MR) is 99.6 cm³/mol. The number of allylic oxidation sites excluding steroid dienone is 2. The Bertz CT molecular complexity index is 874. The number of carbonyl (C=O) groups excluding carboxylic acids is 3. The number of likely N-dealkylation sites (tertiary alicyclic amines) is 1. The molecule has 3 fully saturated rings. The van der Waals surface area contributed by atoms with E-state index in [1.807, 2.05) is 0 Å². The van der Waals surface area contributed by atoms with Gasteiger partial charge in [0.1, 0.15) is 18.0 Å². The van der Waals surface area contributed by atoms with Gasteiger partial charge in [0.25, 0.3) is 0 Å². The van der Waals surface area contributed by atoms with Gasteiger partial charge >= 0.3 is 0 Å². The first-order valence-electron chi connectivity index (χ1n) is 9.59. The molecule has 0 radical (unpaired) electrons. The highest BCUT2D eigenvalue weighted by Gasteiger charge is 2.67. The Morgan fingerprint density at radius 2 is 1.71 bits per heavy atom. The third kappa shape index (κ3) is 2.38. The summed E-state index contributed by atoms with van der Waals surface area (Å²) in [6.45, 7) is -0.278. The van der Waals surface area contributed by atoms with E-state index in [2.05, 4.69) is 17.5 Å². The minimum atomic E-state index is -0.433. The molecule has 1 aromatic rings. The summed E-state index contributed by atoms with van der Waals surface area (Å²) in [6.07, 6.45) is 5.36. The van der Waals surface area contributed by atoms with Crippen LogP contribution in [0, 0.1) is 35.5 Å². The summed E-state index contributed by atoms with van der Waals surface area (Å²) in [7, 11) is 3.04. The lowest BCUT2D eigenvalue weighted by molar-refractivity contribution is -0.142. The third-order valence-corrected chi connectivity index (χ3v) is 6.74. The Labute approximate surface area is 162 Å². The molecule has 0 spiro atoms. The van der Waals surface area contributed by atoms with Crippen LogP contribution in [0.5, 0.6) is 11.5 Å². The Kier molecular flexibility index (Phi) is 3.76. The monoisotopic (exact) mass is 382 g/mol. The lowest BCUT2D eigenvalue weighted by Gasteiger charge is -2.37. The number of imide groups is 1. The second-order valence-corrected chi connectivity index (χ2v) is 8.03. The molecule has 4 aliphatic carbocycles. The minimum absolute atomic E-state index is 0.156. The number of hydrogen-bond acceptors (Lipinski definition) is 5. The number of nitrogens with zero attached hydrogens (tertiary/aromatic N) is 1. The van der Waals surface area contributed by atoms with Crippen LogP contribution in [0.3, 0.4) is 0 Å². The van der Waals surface area contributed by atoms with Crippen LogP contribution in [-0.2, 0) is 14.4 Å². The molecular formula is C21H22N2O5. The van der Waals surface area contributed by atoms with Crippen LogP contribution in [0.25, 0.3) is 0 Å². The van der Waals surface area contributed by atoms with Gasteiger partial charge in [-0.2, -0.15) is 0 Å². The van der Waals surface area contributed by atoms with Gasteiger partial charge in [-0.05, 0) is 42.2 Å². The normalized spacial score (nSPS) is 34.1. The molecule has 1 heterocycles. The predicted octanol–water partition coefficient (Wildman–Crippen LogP) is 1.70. The van der Waals surface area contributed by atoms with Gasteiger partial charge in [-0.25, -0.2) is 0 Å². The van der Waals surface area contributed by atoms with E-state index in [9.17, 15) is 14.4 Å². The van der Waals surface area contributed by atoms with Crippen LogP contribution in [-0.4, -0.2) is 43.4 Å². The smallest absolute Gasteiger partial charge is 0.244 e. The number of rotatable bonds is 5. The average Bonchev–Trinajstić information content (AvgIpc) is 3.49. The topological polar surface area (TPSA) is 84.9 Å². The van der Waals surface area contributed by atoms with Gasteiger partial charge in [0, 0.05) is 6.07 Å². The van der Waals surface area contributed by atoms with E-state index in [0.717, 1.165) is 11.3 Å². The SMILES string of the molecule is COc1ccc(OC)c(NC(=O)CN2C(=O)[C@@H]3[C@H]4C=C[C@@H]([C@@H]5C[C@@H]45)[C@@H]3C2=O)c1. The van der Waals surface area contributed by atoms with Gasteiger partial charge < -0.3 is 14.8 Å². The Morgan fingerprint density at radius 3 is 2.29 bits per heavy atom. The fourth-order valence-corrected chi connectivity index (χ4v) is 5.42. The first-order chi connectivity index (χ1) is 13.5. The molecule has 0 unspecified atom stereocenters. The van der Waals surface area contributed by atoms with Gasteiger partial charge in [0.2, 0.25) is 17.7 Å². The molecule has 1 N–H and O–H groups in total. The van der Waals surface area contributed by atoms with Gasteiger partial charge in [-0.15, -0.1) is 0 Å². The highest BCUT2D eigenvalue weighted by atomic mass is 16.5. The highest BCUT2D eigenvalue weighted by Crippen LogP contribution is 2.65. The average molecular weight is 382 g/mol. The Hall–Kier alpha value is -2.83. The minimum Gasteiger partial charge on any atom is -0.497 e. The van der Waals surface area contributed by atoms with Crippen molar-refractivity contribution >= 4 is 23.4 Å². The summed E-state index contributed by atoms with van der Waals surface area (Å²) < 4.78 is 10.4. The zero-order valence-electron chi connectivity index (χ0n) is 15.8. The van der Waals surface area contributed by atoms with Crippen LogP contribution in [0.2, 0.25) is 0 Å². The summed E-state index contributed by atoms with van der Waals surface area (Å²) in [5, 5.41) is 2.74. The van der Waals surface area contributed by atoms with Crippen LogP contribution < -0.4 is 14.8 Å². The fourth-order valence-electron chi connectivity index (χ4n) is 5.42. The fraction of sp³-hybridized carbons (Fsp3) is 0.476. The van der Waals surface area contributed by atoms with Crippen LogP contribution in [0.4, 0.5) is 5.69 Å². The van der Waals surface area contributed by atoms with E-state index in [0.29, 0.717) is 29.0 Å². The van der Waals surface area contributed by atoms with Crippen molar-refractivity contribution in [1.29, 1.82) is 0 Å². The Balaban J connectivity index is 1.33. The first kappa shape index (κ1) is 17.3. The largest absolute Gasteiger partial charge is 0.497 e. The zero-order valence-corrected chi connectivity index (χ0v) is 15.8. The second-order valence-electron chi connectivity index (χ2n) is 8.03. The van der Waals surface area contributed by atoms with Crippen molar-refractivity contribution in [2.24, 2.45) is 35.5 Å².